The molecule has 0 saturated carbocycles. The summed E-state index contributed by atoms with van der Waals surface area (Å²) in [6.07, 6.45) is -0.328. The van der Waals surface area contributed by atoms with E-state index in [0.717, 1.165) is 5.56 Å². The van der Waals surface area contributed by atoms with E-state index in [1.807, 2.05) is 6.07 Å². The van der Waals surface area contributed by atoms with Gasteiger partial charge in [-0.1, -0.05) is 12.1 Å². The summed E-state index contributed by atoms with van der Waals surface area (Å²) in [5.74, 6) is 0.840. The Labute approximate surface area is 144 Å². The fraction of sp³-hybridized carbons (Fsp3) is 0.316. The highest BCUT2D eigenvalue weighted by Crippen LogP contribution is 2.32. The summed E-state index contributed by atoms with van der Waals surface area (Å²) in [6, 6.07) is 11.5. The Morgan fingerprint density at radius 1 is 1.04 bits per heavy atom. The molecule has 1 amide bonds. The van der Waals surface area contributed by atoms with Gasteiger partial charge >= 0.3 is 0 Å². The third-order valence-electron chi connectivity index (χ3n) is 4.36. The first kappa shape index (κ1) is 15.9. The lowest BCUT2D eigenvalue weighted by atomic mass is 10.1. The SMILES string of the molecule is O=C(c1ccc2c(c1)OCCO2)N1CCO[C@@H](c2cccc(F)c2)C1. The van der Waals surface area contributed by atoms with Crippen molar-refractivity contribution in [3.8, 4) is 11.5 Å². The van der Waals surface area contributed by atoms with E-state index in [-0.39, 0.29) is 17.8 Å². The molecule has 0 unspecified atom stereocenters. The third-order valence-corrected chi connectivity index (χ3v) is 4.36. The summed E-state index contributed by atoms with van der Waals surface area (Å²) in [6.45, 7) is 2.29. The zero-order valence-corrected chi connectivity index (χ0v) is 13.6. The van der Waals surface area contributed by atoms with Crippen LogP contribution in [0, 0.1) is 5.82 Å². The maximum atomic E-state index is 13.4. The predicted octanol–water partition coefficient (Wildman–Crippen LogP) is 2.81. The molecular formula is C19H18FNO4. The largest absolute Gasteiger partial charge is 0.486 e. The number of fused-ring (bicyclic) bond motifs is 1. The standard InChI is InChI=1S/C19H18FNO4/c20-15-3-1-2-13(10-15)18-12-21(6-7-23-18)19(22)14-4-5-16-17(11-14)25-9-8-24-16/h1-5,10-11,18H,6-9,12H2/t18-/m1/s1. The van der Waals surface area contributed by atoms with Crippen LogP contribution in [0.2, 0.25) is 0 Å². The Hall–Kier alpha value is -2.60. The average Bonchev–Trinajstić information content (AvgIpc) is 2.67. The molecular weight excluding hydrogens is 325 g/mol. The van der Waals surface area contributed by atoms with Gasteiger partial charge in [0.05, 0.1) is 13.2 Å². The van der Waals surface area contributed by atoms with Crippen LogP contribution in [0.15, 0.2) is 42.5 Å². The maximum absolute atomic E-state index is 13.4. The summed E-state index contributed by atoms with van der Waals surface area (Å²) in [4.78, 5) is 14.6. The maximum Gasteiger partial charge on any atom is 0.254 e. The molecule has 2 aromatic carbocycles. The van der Waals surface area contributed by atoms with Crippen molar-refractivity contribution < 1.29 is 23.4 Å². The number of morpholine rings is 1. The molecule has 0 aliphatic carbocycles. The highest BCUT2D eigenvalue weighted by molar-refractivity contribution is 5.95. The van der Waals surface area contributed by atoms with E-state index in [1.165, 1.54) is 12.1 Å². The van der Waals surface area contributed by atoms with Crippen molar-refractivity contribution in [3.63, 3.8) is 0 Å². The van der Waals surface area contributed by atoms with Crippen molar-refractivity contribution in [1.82, 2.24) is 4.90 Å². The Kier molecular flexibility index (Phi) is 4.28. The van der Waals surface area contributed by atoms with Gasteiger partial charge in [-0.2, -0.15) is 0 Å². The van der Waals surface area contributed by atoms with Gasteiger partial charge in [-0.3, -0.25) is 4.79 Å². The Bertz CT molecular complexity index is 795. The minimum atomic E-state index is -0.328. The summed E-state index contributed by atoms with van der Waals surface area (Å²) in [7, 11) is 0. The van der Waals surface area contributed by atoms with Gasteiger partial charge in [-0.25, -0.2) is 4.39 Å². The number of hydrogen-bond donors (Lipinski definition) is 0. The van der Waals surface area contributed by atoms with E-state index in [9.17, 15) is 9.18 Å². The van der Waals surface area contributed by atoms with E-state index in [1.54, 1.807) is 29.2 Å². The number of rotatable bonds is 2. The molecule has 0 bridgehead atoms. The molecule has 2 aliphatic heterocycles. The fourth-order valence-corrected chi connectivity index (χ4v) is 3.10. The van der Waals surface area contributed by atoms with Gasteiger partial charge in [-0.05, 0) is 35.9 Å². The van der Waals surface area contributed by atoms with Gasteiger partial charge in [0.15, 0.2) is 11.5 Å². The number of halogens is 1. The van der Waals surface area contributed by atoms with Crippen LogP contribution in [0.3, 0.4) is 0 Å². The van der Waals surface area contributed by atoms with Crippen molar-refractivity contribution in [2.45, 2.75) is 6.10 Å². The van der Waals surface area contributed by atoms with Crippen LogP contribution in [0.1, 0.15) is 22.0 Å². The smallest absolute Gasteiger partial charge is 0.254 e. The molecule has 130 valence electrons. The second-order valence-electron chi connectivity index (χ2n) is 6.02. The molecule has 0 N–H and O–H groups in total. The lowest BCUT2D eigenvalue weighted by Crippen LogP contribution is -2.42. The fourth-order valence-electron chi connectivity index (χ4n) is 3.10. The molecule has 2 aliphatic rings. The second-order valence-corrected chi connectivity index (χ2v) is 6.02. The number of carbonyl (C=O) groups excluding carboxylic acids is 1. The van der Waals surface area contributed by atoms with Crippen LogP contribution in [-0.4, -0.2) is 43.7 Å². The van der Waals surface area contributed by atoms with E-state index >= 15 is 0 Å². The van der Waals surface area contributed by atoms with E-state index in [0.29, 0.717) is 50.0 Å². The van der Waals surface area contributed by atoms with Crippen LogP contribution in [0.25, 0.3) is 0 Å². The number of benzene rings is 2. The van der Waals surface area contributed by atoms with Crippen molar-refractivity contribution in [1.29, 1.82) is 0 Å². The van der Waals surface area contributed by atoms with Gasteiger partial charge < -0.3 is 19.1 Å². The van der Waals surface area contributed by atoms with Gasteiger partial charge in [0.1, 0.15) is 25.1 Å². The van der Waals surface area contributed by atoms with Crippen molar-refractivity contribution in [2.75, 3.05) is 32.9 Å². The van der Waals surface area contributed by atoms with Crippen molar-refractivity contribution in [3.05, 3.63) is 59.4 Å². The molecule has 4 rings (SSSR count). The molecule has 1 atom stereocenters. The molecule has 0 spiro atoms. The van der Waals surface area contributed by atoms with Gasteiger partial charge in [-0.15, -0.1) is 0 Å². The molecule has 2 heterocycles. The number of ether oxygens (including phenoxy) is 3. The first-order valence-corrected chi connectivity index (χ1v) is 8.27. The summed E-state index contributed by atoms with van der Waals surface area (Å²) in [5.41, 5.74) is 1.28. The van der Waals surface area contributed by atoms with Crippen LogP contribution >= 0.6 is 0 Å². The first-order chi connectivity index (χ1) is 12.2. The lowest BCUT2D eigenvalue weighted by Gasteiger charge is -2.33. The quantitative estimate of drug-likeness (QED) is 0.841. The molecule has 25 heavy (non-hydrogen) atoms. The first-order valence-electron chi connectivity index (χ1n) is 8.27. The van der Waals surface area contributed by atoms with E-state index in [4.69, 9.17) is 14.2 Å². The Morgan fingerprint density at radius 3 is 2.72 bits per heavy atom. The topological polar surface area (TPSA) is 48.0 Å². The summed E-state index contributed by atoms with van der Waals surface area (Å²) in [5, 5.41) is 0. The van der Waals surface area contributed by atoms with E-state index < -0.39 is 0 Å². The van der Waals surface area contributed by atoms with Gasteiger partial charge in [0.25, 0.3) is 5.91 Å². The highest BCUT2D eigenvalue weighted by atomic mass is 19.1. The highest BCUT2D eigenvalue weighted by Gasteiger charge is 2.27. The van der Waals surface area contributed by atoms with Crippen LogP contribution in [0.4, 0.5) is 4.39 Å². The summed E-state index contributed by atoms with van der Waals surface area (Å²) >= 11 is 0. The molecule has 0 aromatic heterocycles. The predicted molar refractivity (Wildman–Crippen MR) is 88.4 cm³/mol. The minimum absolute atomic E-state index is 0.0957. The molecule has 5 nitrogen and oxygen atoms in total. The molecule has 1 saturated heterocycles. The Morgan fingerprint density at radius 2 is 1.88 bits per heavy atom. The number of hydrogen-bond acceptors (Lipinski definition) is 4. The third kappa shape index (κ3) is 3.30. The molecule has 6 heteroatoms. The average molecular weight is 343 g/mol. The summed E-state index contributed by atoms with van der Waals surface area (Å²) < 4.78 is 30.2. The zero-order valence-electron chi connectivity index (χ0n) is 13.6. The van der Waals surface area contributed by atoms with Gasteiger partial charge in [0.2, 0.25) is 0 Å². The van der Waals surface area contributed by atoms with E-state index in [2.05, 4.69) is 0 Å². The zero-order chi connectivity index (χ0) is 17.2. The monoisotopic (exact) mass is 343 g/mol. The van der Waals surface area contributed by atoms with Crippen LogP contribution < -0.4 is 9.47 Å². The van der Waals surface area contributed by atoms with Crippen molar-refractivity contribution in [2.24, 2.45) is 0 Å². The van der Waals surface area contributed by atoms with Crippen molar-refractivity contribution >= 4 is 5.91 Å². The molecule has 2 aromatic rings. The normalized spacial score (nSPS) is 19.6. The number of carbonyl (C=O) groups is 1. The molecule has 1 fully saturated rings. The van der Waals surface area contributed by atoms with Gasteiger partial charge in [0, 0.05) is 12.1 Å². The van der Waals surface area contributed by atoms with Crippen LogP contribution in [-0.2, 0) is 4.74 Å². The Balaban J connectivity index is 1.52. The second kappa shape index (κ2) is 6.72. The minimum Gasteiger partial charge on any atom is -0.486 e. The van der Waals surface area contributed by atoms with Crippen LogP contribution in [0.5, 0.6) is 11.5 Å². The number of amides is 1. The number of nitrogens with zero attached hydrogens (tertiary/aromatic N) is 1. The lowest BCUT2D eigenvalue weighted by molar-refractivity contribution is -0.0229. The molecule has 0 radical (unpaired) electrons.